The molecule has 1 unspecified atom stereocenters. The summed E-state index contributed by atoms with van der Waals surface area (Å²) in [4.78, 5) is 7.88. The molecule has 3 nitrogen and oxygen atoms in total. The Labute approximate surface area is 190 Å². The lowest BCUT2D eigenvalue weighted by Gasteiger charge is -2.42. The molecule has 0 bridgehead atoms. The molecule has 4 heteroatoms. The van der Waals surface area contributed by atoms with E-state index >= 15 is 0 Å². The number of halogens is 1. The van der Waals surface area contributed by atoms with Crippen molar-refractivity contribution in [3.05, 3.63) is 95.0 Å². The van der Waals surface area contributed by atoms with Gasteiger partial charge in [-0.05, 0) is 48.2 Å². The Morgan fingerprint density at radius 1 is 0.742 bits per heavy atom. The lowest BCUT2D eigenvalue weighted by atomic mass is 10.1. The van der Waals surface area contributed by atoms with Crippen molar-refractivity contribution in [3.63, 3.8) is 0 Å². The van der Waals surface area contributed by atoms with Crippen LogP contribution in [0, 0.1) is 0 Å². The zero-order chi connectivity index (χ0) is 21.0. The molecule has 0 aliphatic carbocycles. The van der Waals surface area contributed by atoms with Gasteiger partial charge in [0.2, 0.25) is 0 Å². The zero-order valence-electron chi connectivity index (χ0n) is 18.0. The van der Waals surface area contributed by atoms with Crippen molar-refractivity contribution >= 4 is 23.0 Å². The molecule has 31 heavy (non-hydrogen) atoms. The second kappa shape index (κ2) is 9.33. The standard InChI is InChI=1S/C27H30ClN3/c28-24-12-10-22(11-13-24)14-16-30-17-15-25-21-29(20-23-6-2-1-3-7-23)18-19-31(25)27-9-5-4-8-26(27)30/h1-13,25H,14-21H2. The fraction of sp³-hybridized carbons (Fsp3) is 0.333. The molecule has 3 aromatic carbocycles. The molecular formula is C27H30ClN3. The van der Waals surface area contributed by atoms with Crippen LogP contribution in [0.1, 0.15) is 17.5 Å². The van der Waals surface area contributed by atoms with Gasteiger partial charge >= 0.3 is 0 Å². The average molecular weight is 432 g/mol. The van der Waals surface area contributed by atoms with E-state index in [1.54, 1.807) is 0 Å². The van der Waals surface area contributed by atoms with Gasteiger partial charge in [0, 0.05) is 50.3 Å². The SMILES string of the molecule is Clc1ccc(CCN2CCC3CN(Cc4ccccc4)CCN3c3ccccc32)cc1. The number of rotatable bonds is 5. The summed E-state index contributed by atoms with van der Waals surface area (Å²) < 4.78 is 0. The van der Waals surface area contributed by atoms with E-state index < -0.39 is 0 Å². The van der Waals surface area contributed by atoms with Gasteiger partial charge in [0.1, 0.15) is 0 Å². The molecule has 160 valence electrons. The summed E-state index contributed by atoms with van der Waals surface area (Å²) in [6.45, 7) is 6.53. The van der Waals surface area contributed by atoms with Crippen LogP contribution in [-0.2, 0) is 13.0 Å². The second-order valence-electron chi connectivity index (χ2n) is 8.71. The minimum atomic E-state index is 0.569. The number of hydrogen-bond donors (Lipinski definition) is 0. The molecule has 0 amide bonds. The van der Waals surface area contributed by atoms with Gasteiger partial charge in [-0.25, -0.2) is 0 Å². The Kier molecular flexibility index (Phi) is 6.15. The molecule has 1 fully saturated rings. The zero-order valence-corrected chi connectivity index (χ0v) is 18.7. The largest absolute Gasteiger partial charge is 0.369 e. The van der Waals surface area contributed by atoms with Crippen LogP contribution in [-0.4, -0.2) is 43.7 Å². The van der Waals surface area contributed by atoms with Gasteiger partial charge in [-0.15, -0.1) is 0 Å². The van der Waals surface area contributed by atoms with Crippen LogP contribution >= 0.6 is 11.6 Å². The summed E-state index contributed by atoms with van der Waals surface area (Å²) in [7, 11) is 0. The molecule has 2 aliphatic heterocycles. The van der Waals surface area contributed by atoms with Crippen LogP contribution in [0.5, 0.6) is 0 Å². The number of hydrogen-bond acceptors (Lipinski definition) is 3. The van der Waals surface area contributed by atoms with Crippen molar-refractivity contribution in [1.29, 1.82) is 0 Å². The van der Waals surface area contributed by atoms with Crippen molar-refractivity contribution in [2.75, 3.05) is 42.5 Å². The quantitative estimate of drug-likeness (QED) is 0.529. The minimum Gasteiger partial charge on any atom is -0.369 e. The number of anilines is 2. The summed E-state index contributed by atoms with van der Waals surface area (Å²) in [5.74, 6) is 0. The predicted molar refractivity (Wildman–Crippen MR) is 131 cm³/mol. The van der Waals surface area contributed by atoms with E-state index in [1.807, 2.05) is 12.1 Å². The third kappa shape index (κ3) is 4.73. The molecule has 0 aromatic heterocycles. The van der Waals surface area contributed by atoms with Crippen LogP contribution in [0.3, 0.4) is 0 Å². The molecule has 0 radical (unpaired) electrons. The number of fused-ring (bicyclic) bond motifs is 3. The molecule has 0 saturated carbocycles. The predicted octanol–water partition coefficient (Wildman–Crippen LogP) is 5.48. The lowest BCUT2D eigenvalue weighted by molar-refractivity contribution is 0.212. The molecule has 2 heterocycles. The number of nitrogens with zero attached hydrogens (tertiary/aromatic N) is 3. The highest BCUT2D eigenvalue weighted by molar-refractivity contribution is 6.30. The van der Waals surface area contributed by atoms with Crippen LogP contribution in [0.2, 0.25) is 5.02 Å². The first-order valence-corrected chi connectivity index (χ1v) is 11.8. The van der Waals surface area contributed by atoms with Gasteiger partial charge in [0.15, 0.2) is 0 Å². The molecule has 1 atom stereocenters. The Morgan fingerprint density at radius 2 is 1.48 bits per heavy atom. The summed E-state index contributed by atoms with van der Waals surface area (Å²) in [6, 6.07) is 28.7. The number of piperazine rings is 1. The third-order valence-electron chi connectivity index (χ3n) is 6.66. The monoisotopic (exact) mass is 431 g/mol. The van der Waals surface area contributed by atoms with Crippen molar-refractivity contribution < 1.29 is 0 Å². The Bertz CT molecular complexity index is 989. The van der Waals surface area contributed by atoms with E-state index in [0.29, 0.717) is 6.04 Å². The van der Waals surface area contributed by atoms with Gasteiger partial charge in [0.05, 0.1) is 11.4 Å². The van der Waals surface area contributed by atoms with Crippen LogP contribution in [0.25, 0.3) is 0 Å². The second-order valence-corrected chi connectivity index (χ2v) is 9.15. The highest BCUT2D eigenvalue weighted by Gasteiger charge is 2.32. The van der Waals surface area contributed by atoms with E-state index in [2.05, 4.69) is 81.4 Å². The maximum Gasteiger partial charge on any atom is 0.0607 e. The summed E-state index contributed by atoms with van der Waals surface area (Å²) in [5, 5.41) is 0.806. The van der Waals surface area contributed by atoms with Crippen LogP contribution in [0.4, 0.5) is 11.4 Å². The van der Waals surface area contributed by atoms with Crippen molar-refractivity contribution in [2.24, 2.45) is 0 Å². The van der Waals surface area contributed by atoms with Gasteiger partial charge in [-0.2, -0.15) is 0 Å². The summed E-state index contributed by atoms with van der Waals surface area (Å²) in [6.07, 6.45) is 2.23. The Balaban J connectivity index is 1.30. The highest BCUT2D eigenvalue weighted by Crippen LogP contribution is 2.36. The van der Waals surface area contributed by atoms with E-state index in [1.165, 1.54) is 28.9 Å². The Hall–Kier alpha value is -2.49. The molecule has 1 saturated heterocycles. The van der Waals surface area contributed by atoms with E-state index in [-0.39, 0.29) is 0 Å². The van der Waals surface area contributed by atoms with E-state index in [9.17, 15) is 0 Å². The maximum absolute atomic E-state index is 6.06. The van der Waals surface area contributed by atoms with Crippen molar-refractivity contribution in [2.45, 2.75) is 25.4 Å². The number of benzene rings is 3. The van der Waals surface area contributed by atoms with Crippen molar-refractivity contribution in [1.82, 2.24) is 4.90 Å². The van der Waals surface area contributed by atoms with Crippen molar-refractivity contribution in [3.8, 4) is 0 Å². The van der Waals surface area contributed by atoms with E-state index in [0.717, 1.165) is 50.7 Å². The smallest absolute Gasteiger partial charge is 0.0607 e. The molecule has 5 rings (SSSR count). The molecule has 3 aromatic rings. The van der Waals surface area contributed by atoms with Gasteiger partial charge in [-0.1, -0.05) is 66.2 Å². The summed E-state index contributed by atoms with van der Waals surface area (Å²) >= 11 is 6.06. The lowest BCUT2D eigenvalue weighted by Crippen LogP contribution is -2.52. The van der Waals surface area contributed by atoms with Gasteiger partial charge < -0.3 is 9.80 Å². The molecule has 2 aliphatic rings. The van der Waals surface area contributed by atoms with Gasteiger partial charge in [0.25, 0.3) is 0 Å². The minimum absolute atomic E-state index is 0.569. The third-order valence-corrected chi connectivity index (χ3v) is 6.92. The molecule has 0 spiro atoms. The molecular weight excluding hydrogens is 402 g/mol. The van der Waals surface area contributed by atoms with Crippen LogP contribution in [0.15, 0.2) is 78.9 Å². The first-order chi connectivity index (χ1) is 15.3. The maximum atomic E-state index is 6.06. The average Bonchev–Trinajstić information content (AvgIpc) is 2.96. The van der Waals surface area contributed by atoms with E-state index in [4.69, 9.17) is 11.6 Å². The first kappa shape index (κ1) is 20.4. The Morgan fingerprint density at radius 3 is 2.29 bits per heavy atom. The number of para-hydroxylation sites is 2. The first-order valence-electron chi connectivity index (χ1n) is 11.4. The normalized spacial score (nSPS) is 18.9. The fourth-order valence-electron chi connectivity index (χ4n) is 5.02. The fourth-order valence-corrected chi connectivity index (χ4v) is 5.14. The topological polar surface area (TPSA) is 9.72 Å². The van der Waals surface area contributed by atoms with Crippen LogP contribution < -0.4 is 9.80 Å². The molecule has 0 N–H and O–H groups in total. The highest BCUT2D eigenvalue weighted by atomic mass is 35.5. The summed E-state index contributed by atoms with van der Waals surface area (Å²) in [5.41, 5.74) is 5.54. The van der Waals surface area contributed by atoms with Gasteiger partial charge in [-0.3, -0.25) is 4.90 Å².